The maximum atomic E-state index is 13.1. The van der Waals surface area contributed by atoms with E-state index in [1.54, 1.807) is 24.3 Å². The number of benzene rings is 1. The summed E-state index contributed by atoms with van der Waals surface area (Å²) < 4.78 is 33.1. The summed E-state index contributed by atoms with van der Waals surface area (Å²) >= 11 is 0. The highest BCUT2D eigenvalue weighted by Crippen LogP contribution is 2.39. The molecule has 9 heteroatoms. The second-order valence-corrected chi connectivity index (χ2v) is 11.6. The van der Waals surface area contributed by atoms with Gasteiger partial charge in [-0.2, -0.15) is 9.29 Å². The van der Waals surface area contributed by atoms with Gasteiger partial charge in [0.1, 0.15) is 0 Å². The normalized spacial score (nSPS) is 21.6. The zero-order chi connectivity index (χ0) is 22.8. The summed E-state index contributed by atoms with van der Waals surface area (Å²) in [6.07, 6.45) is 10.2. The van der Waals surface area contributed by atoms with Crippen LogP contribution in [-0.2, 0) is 14.8 Å². The number of hydrogen-bond acceptors (Lipinski definition) is 6. The van der Waals surface area contributed by atoms with Crippen molar-refractivity contribution in [1.82, 2.24) is 19.8 Å². The molecule has 0 unspecified atom stereocenters. The molecule has 2 heterocycles. The van der Waals surface area contributed by atoms with Gasteiger partial charge < -0.3 is 9.84 Å². The van der Waals surface area contributed by atoms with Crippen LogP contribution in [0.2, 0.25) is 0 Å². The van der Waals surface area contributed by atoms with Gasteiger partial charge >= 0.3 is 0 Å². The van der Waals surface area contributed by atoms with Crippen LogP contribution in [0.5, 0.6) is 0 Å². The number of piperidine rings is 1. The Morgan fingerprint density at radius 3 is 2.24 bits per heavy atom. The van der Waals surface area contributed by atoms with E-state index in [0.717, 1.165) is 31.2 Å². The lowest BCUT2D eigenvalue weighted by atomic mass is 9.96. The summed E-state index contributed by atoms with van der Waals surface area (Å²) in [7, 11) is -3.60. The largest absolute Gasteiger partial charge is 0.353 e. The third kappa shape index (κ3) is 5.14. The van der Waals surface area contributed by atoms with E-state index in [1.165, 1.54) is 30.0 Å². The van der Waals surface area contributed by atoms with Crippen molar-refractivity contribution in [3.05, 3.63) is 30.2 Å². The molecule has 1 aromatic carbocycles. The van der Waals surface area contributed by atoms with Crippen molar-refractivity contribution in [3.8, 4) is 11.4 Å². The van der Waals surface area contributed by atoms with Gasteiger partial charge in [0.2, 0.25) is 27.6 Å². The number of nitrogens with one attached hydrogen (secondary N) is 1. The second kappa shape index (κ2) is 9.54. The van der Waals surface area contributed by atoms with Crippen LogP contribution in [0.15, 0.2) is 33.7 Å². The molecule has 8 nitrogen and oxygen atoms in total. The first-order chi connectivity index (χ1) is 16.0. The van der Waals surface area contributed by atoms with Crippen LogP contribution in [0.4, 0.5) is 0 Å². The van der Waals surface area contributed by atoms with Gasteiger partial charge in [-0.3, -0.25) is 4.79 Å². The van der Waals surface area contributed by atoms with Gasteiger partial charge in [-0.25, -0.2) is 8.42 Å². The minimum atomic E-state index is -3.60. The molecule has 1 N–H and O–H groups in total. The molecule has 2 saturated carbocycles. The smallest absolute Gasteiger partial charge is 0.243 e. The van der Waals surface area contributed by atoms with Crippen molar-refractivity contribution < 1.29 is 17.7 Å². The fourth-order valence-electron chi connectivity index (χ4n) is 4.87. The van der Waals surface area contributed by atoms with Crippen LogP contribution < -0.4 is 5.32 Å². The third-order valence-electron chi connectivity index (χ3n) is 7.14. The van der Waals surface area contributed by atoms with Gasteiger partial charge in [0.15, 0.2) is 0 Å². The van der Waals surface area contributed by atoms with Gasteiger partial charge in [-0.05, 0) is 62.8 Å². The molecule has 2 aromatic rings. The van der Waals surface area contributed by atoms with Crippen molar-refractivity contribution in [2.45, 2.75) is 81.1 Å². The number of sulfonamides is 1. The van der Waals surface area contributed by atoms with Crippen LogP contribution in [0.3, 0.4) is 0 Å². The number of amides is 1. The molecule has 178 valence electrons. The number of carbonyl (C=O) groups excluding carboxylic acids is 1. The monoisotopic (exact) mass is 472 g/mol. The minimum Gasteiger partial charge on any atom is -0.353 e. The van der Waals surface area contributed by atoms with E-state index < -0.39 is 10.0 Å². The Bertz CT molecular complexity index is 1060. The molecule has 3 aliphatic rings. The van der Waals surface area contributed by atoms with Gasteiger partial charge in [0.25, 0.3) is 0 Å². The summed E-state index contributed by atoms with van der Waals surface area (Å²) in [6.45, 7) is 0.727. The Morgan fingerprint density at radius 1 is 0.939 bits per heavy atom. The minimum absolute atomic E-state index is 0.0916. The first-order valence-electron chi connectivity index (χ1n) is 12.3. The van der Waals surface area contributed by atoms with Crippen molar-refractivity contribution in [2.75, 3.05) is 13.1 Å². The van der Waals surface area contributed by atoms with Crippen molar-refractivity contribution >= 4 is 15.9 Å². The molecule has 0 radical (unpaired) electrons. The highest BCUT2D eigenvalue weighted by molar-refractivity contribution is 7.89. The average Bonchev–Trinajstić information content (AvgIpc) is 3.62. The number of nitrogens with zero attached hydrogens (tertiary/aromatic N) is 3. The third-order valence-corrected chi connectivity index (χ3v) is 9.06. The lowest BCUT2D eigenvalue weighted by Gasteiger charge is -2.31. The molecule has 33 heavy (non-hydrogen) atoms. The predicted octanol–water partition coefficient (Wildman–Crippen LogP) is 3.85. The second-order valence-electron chi connectivity index (χ2n) is 9.63. The van der Waals surface area contributed by atoms with E-state index in [1.807, 2.05) is 0 Å². The predicted molar refractivity (Wildman–Crippen MR) is 123 cm³/mol. The Kier molecular flexibility index (Phi) is 6.51. The lowest BCUT2D eigenvalue weighted by Crippen LogP contribution is -2.45. The van der Waals surface area contributed by atoms with E-state index in [2.05, 4.69) is 15.5 Å². The van der Waals surface area contributed by atoms with Crippen LogP contribution >= 0.6 is 0 Å². The van der Waals surface area contributed by atoms with Crippen LogP contribution in [0.25, 0.3) is 11.4 Å². The van der Waals surface area contributed by atoms with Crippen molar-refractivity contribution in [1.29, 1.82) is 0 Å². The molecule has 1 amide bonds. The molecule has 5 rings (SSSR count). The fraction of sp³-hybridized carbons (Fsp3) is 0.625. The maximum Gasteiger partial charge on any atom is 0.243 e. The molecule has 0 bridgehead atoms. The molecule has 0 atom stereocenters. The standard InChI is InChI=1S/C24H32N4O4S/c29-23(25-20-5-3-1-2-4-6-20)18-13-15-28(16-14-18)33(30,31)21-11-9-17(10-12-21)22-26-24(32-27-22)19-7-8-19/h9-12,18-20H,1-8,13-16H2,(H,25,29). The molecule has 2 aliphatic carbocycles. The Morgan fingerprint density at radius 2 is 1.61 bits per heavy atom. The number of rotatable bonds is 6. The number of carbonyl (C=O) groups is 1. The molecular formula is C24H32N4O4S. The van der Waals surface area contributed by atoms with Crippen molar-refractivity contribution in [3.63, 3.8) is 0 Å². The van der Waals surface area contributed by atoms with E-state index >= 15 is 0 Å². The molecule has 3 fully saturated rings. The summed E-state index contributed by atoms with van der Waals surface area (Å²) in [5, 5.41) is 7.24. The first-order valence-corrected chi connectivity index (χ1v) is 13.7. The molecule has 1 aliphatic heterocycles. The highest BCUT2D eigenvalue weighted by Gasteiger charge is 2.33. The zero-order valence-electron chi connectivity index (χ0n) is 18.9. The van der Waals surface area contributed by atoms with E-state index in [-0.39, 0.29) is 22.8 Å². The first kappa shape index (κ1) is 22.5. The molecule has 1 aromatic heterocycles. The Balaban J connectivity index is 1.17. The number of aromatic nitrogens is 2. The van der Waals surface area contributed by atoms with Gasteiger partial charge in [0.05, 0.1) is 4.90 Å². The van der Waals surface area contributed by atoms with Gasteiger partial charge in [0, 0.05) is 36.5 Å². The maximum absolute atomic E-state index is 13.1. The quantitative estimate of drug-likeness (QED) is 0.640. The molecular weight excluding hydrogens is 440 g/mol. The summed E-state index contributed by atoms with van der Waals surface area (Å²) in [5.41, 5.74) is 0.735. The Hall–Kier alpha value is -2.26. The van der Waals surface area contributed by atoms with E-state index in [4.69, 9.17) is 4.52 Å². The molecule has 0 spiro atoms. The van der Waals surface area contributed by atoms with Crippen LogP contribution in [-0.4, -0.2) is 47.9 Å². The summed E-state index contributed by atoms with van der Waals surface area (Å²) in [5.74, 6) is 1.51. The molecule has 1 saturated heterocycles. The summed E-state index contributed by atoms with van der Waals surface area (Å²) in [4.78, 5) is 17.4. The number of hydrogen-bond donors (Lipinski definition) is 1. The average molecular weight is 473 g/mol. The van der Waals surface area contributed by atoms with Crippen molar-refractivity contribution in [2.24, 2.45) is 5.92 Å². The Labute approximate surface area is 195 Å². The van der Waals surface area contributed by atoms with Gasteiger partial charge in [-0.15, -0.1) is 0 Å². The fourth-order valence-corrected chi connectivity index (χ4v) is 6.34. The van der Waals surface area contributed by atoms with Crippen LogP contribution in [0.1, 0.15) is 76.0 Å². The van der Waals surface area contributed by atoms with Crippen LogP contribution in [0, 0.1) is 5.92 Å². The van der Waals surface area contributed by atoms with Gasteiger partial charge in [-0.1, -0.05) is 30.8 Å². The lowest BCUT2D eigenvalue weighted by molar-refractivity contribution is -0.126. The topological polar surface area (TPSA) is 105 Å². The highest BCUT2D eigenvalue weighted by atomic mass is 32.2. The zero-order valence-corrected chi connectivity index (χ0v) is 19.7. The SMILES string of the molecule is O=C(NC1CCCCCC1)C1CCN(S(=O)(=O)c2ccc(-c3noc(C4CC4)n3)cc2)CC1. The van der Waals surface area contributed by atoms with E-state index in [9.17, 15) is 13.2 Å². The summed E-state index contributed by atoms with van der Waals surface area (Å²) in [6, 6.07) is 6.92. The van der Waals surface area contributed by atoms with E-state index in [0.29, 0.717) is 43.6 Å².